The number of phenols is 1. The highest BCUT2D eigenvalue weighted by molar-refractivity contribution is 9.10. The van der Waals surface area contributed by atoms with E-state index in [0.29, 0.717) is 60.1 Å². The lowest BCUT2D eigenvalue weighted by Crippen LogP contribution is -2.47. The molecule has 1 saturated heterocycles. The van der Waals surface area contributed by atoms with Gasteiger partial charge in [-0.1, -0.05) is 42.5 Å². The third-order valence-electron chi connectivity index (χ3n) is 8.34. The Hall–Kier alpha value is -3.62. The van der Waals surface area contributed by atoms with E-state index >= 15 is 0 Å². The van der Waals surface area contributed by atoms with E-state index in [4.69, 9.17) is 9.47 Å². The Morgan fingerprint density at radius 2 is 1.64 bits per heavy atom. The van der Waals surface area contributed by atoms with Gasteiger partial charge >= 0.3 is 11.9 Å². The molecule has 1 aliphatic heterocycles. The van der Waals surface area contributed by atoms with E-state index in [-0.39, 0.29) is 18.3 Å². The average molecular weight is 634 g/mol. The van der Waals surface area contributed by atoms with Gasteiger partial charge in [0, 0.05) is 28.9 Å². The Balaban J connectivity index is 1.58. The molecule has 0 aliphatic carbocycles. The van der Waals surface area contributed by atoms with Crippen LogP contribution < -0.4 is 0 Å². The molecule has 0 radical (unpaired) electrons. The number of ether oxygens (including phenoxy) is 2. The number of nitrogens with zero attached hydrogens (tertiary/aromatic N) is 2. The van der Waals surface area contributed by atoms with Gasteiger partial charge in [0.05, 0.1) is 34.2 Å². The standard InChI is InChI=1S/C34H37BrN2O5/c1-5-41-32(39)29-23(4)37(25-14-10-11-22(3)19-25)28-20-27(35)31(38)26(30(28)29)21-36-17-15-34(16-18-36,33(40)42-6-2)24-12-8-7-9-13-24/h7-14,19-20,38H,5-6,15-18,21H2,1-4H3. The van der Waals surface area contributed by atoms with Crippen LogP contribution in [-0.4, -0.2) is 52.8 Å². The van der Waals surface area contributed by atoms with Crippen molar-refractivity contribution in [2.45, 2.75) is 52.5 Å². The minimum absolute atomic E-state index is 0.0970. The third kappa shape index (κ3) is 5.34. The van der Waals surface area contributed by atoms with E-state index in [1.54, 1.807) is 6.92 Å². The van der Waals surface area contributed by atoms with E-state index in [1.807, 2.05) is 75.4 Å². The number of piperidine rings is 1. The van der Waals surface area contributed by atoms with Gasteiger partial charge < -0.3 is 19.1 Å². The predicted molar refractivity (Wildman–Crippen MR) is 167 cm³/mol. The number of fused-ring (bicyclic) bond motifs is 1. The molecule has 1 aromatic heterocycles. The molecule has 0 spiro atoms. The first-order valence-corrected chi connectivity index (χ1v) is 15.3. The second-order valence-electron chi connectivity index (χ2n) is 10.9. The normalized spacial score (nSPS) is 15.1. The number of likely N-dealkylation sites (tertiary alicyclic amines) is 1. The minimum atomic E-state index is -0.719. The summed E-state index contributed by atoms with van der Waals surface area (Å²) in [5.74, 6) is -0.517. The van der Waals surface area contributed by atoms with E-state index in [2.05, 4.69) is 31.5 Å². The van der Waals surface area contributed by atoms with Crippen LogP contribution in [0.1, 0.15) is 59.4 Å². The van der Waals surface area contributed by atoms with Gasteiger partial charge in [-0.05, 0) is 98.9 Å². The average Bonchev–Trinajstić information content (AvgIpc) is 3.27. The summed E-state index contributed by atoms with van der Waals surface area (Å²) in [7, 11) is 0. The maximum absolute atomic E-state index is 13.4. The number of aromatic hydroxyl groups is 1. The van der Waals surface area contributed by atoms with E-state index in [0.717, 1.165) is 28.0 Å². The van der Waals surface area contributed by atoms with Crippen LogP contribution in [0.2, 0.25) is 0 Å². The van der Waals surface area contributed by atoms with E-state index in [9.17, 15) is 14.7 Å². The number of benzene rings is 3. The number of aryl methyl sites for hydroxylation is 1. The maximum atomic E-state index is 13.4. The number of phenolic OH excluding ortho intramolecular Hbond substituents is 1. The highest BCUT2D eigenvalue weighted by Gasteiger charge is 2.44. The molecule has 5 rings (SSSR count). The SMILES string of the molecule is CCOC(=O)c1c(C)n(-c2cccc(C)c2)c2cc(Br)c(O)c(CN3CCC(C(=O)OCC)(c4ccccc4)CC3)c12. The van der Waals surface area contributed by atoms with Crippen LogP contribution in [0.15, 0.2) is 65.1 Å². The molecule has 7 nitrogen and oxygen atoms in total. The summed E-state index contributed by atoms with van der Waals surface area (Å²) in [5.41, 5.74) is 4.93. The zero-order valence-electron chi connectivity index (χ0n) is 24.6. The number of rotatable bonds is 8. The summed E-state index contributed by atoms with van der Waals surface area (Å²) < 4.78 is 13.7. The molecule has 8 heteroatoms. The number of aromatic nitrogens is 1. The lowest BCUT2D eigenvalue weighted by Gasteiger charge is -2.40. The van der Waals surface area contributed by atoms with Gasteiger partial charge in [-0.15, -0.1) is 0 Å². The smallest absolute Gasteiger partial charge is 0.340 e. The van der Waals surface area contributed by atoms with Crippen LogP contribution in [0.25, 0.3) is 16.6 Å². The molecule has 3 aromatic carbocycles. The van der Waals surface area contributed by atoms with Crippen LogP contribution in [0.5, 0.6) is 5.75 Å². The molecule has 2 heterocycles. The molecular formula is C34H37BrN2O5. The molecule has 0 unspecified atom stereocenters. The molecule has 1 fully saturated rings. The Kier molecular flexibility index (Phi) is 8.76. The van der Waals surface area contributed by atoms with Crippen LogP contribution in [0, 0.1) is 13.8 Å². The van der Waals surface area contributed by atoms with Gasteiger partial charge in [-0.25, -0.2) is 4.79 Å². The second kappa shape index (κ2) is 12.3. The van der Waals surface area contributed by atoms with Crippen LogP contribution in [0.4, 0.5) is 0 Å². The summed E-state index contributed by atoms with van der Waals surface area (Å²) in [6, 6.07) is 19.8. The first-order valence-electron chi connectivity index (χ1n) is 14.5. The van der Waals surface area contributed by atoms with Crippen molar-refractivity contribution in [2.24, 2.45) is 0 Å². The van der Waals surface area contributed by atoms with Crippen molar-refractivity contribution < 1.29 is 24.2 Å². The zero-order chi connectivity index (χ0) is 30.0. The molecule has 0 bridgehead atoms. The summed E-state index contributed by atoms with van der Waals surface area (Å²) in [6.45, 7) is 9.78. The number of hydrogen-bond acceptors (Lipinski definition) is 6. The Morgan fingerprint density at radius 3 is 2.29 bits per heavy atom. The van der Waals surface area contributed by atoms with Crippen LogP contribution >= 0.6 is 15.9 Å². The van der Waals surface area contributed by atoms with Crippen molar-refractivity contribution in [3.8, 4) is 11.4 Å². The van der Waals surface area contributed by atoms with Crippen molar-refractivity contribution in [3.05, 3.63) is 93.1 Å². The molecular weight excluding hydrogens is 596 g/mol. The molecule has 42 heavy (non-hydrogen) atoms. The summed E-state index contributed by atoms with van der Waals surface area (Å²) in [6.07, 6.45) is 1.17. The molecule has 220 valence electrons. The summed E-state index contributed by atoms with van der Waals surface area (Å²) in [5, 5.41) is 12.1. The first kappa shape index (κ1) is 29.9. The van der Waals surface area contributed by atoms with Crippen molar-refractivity contribution >= 4 is 38.8 Å². The van der Waals surface area contributed by atoms with Gasteiger partial charge in [0.1, 0.15) is 5.75 Å². The van der Waals surface area contributed by atoms with Gasteiger partial charge in [-0.2, -0.15) is 0 Å². The number of hydrogen-bond donors (Lipinski definition) is 1. The first-order chi connectivity index (χ1) is 20.2. The number of carbonyl (C=O) groups is 2. The molecule has 1 N–H and O–H groups in total. The fraction of sp³-hybridized carbons (Fsp3) is 0.353. The van der Waals surface area contributed by atoms with Gasteiger partial charge in [-0.3, -0.25) is 9.69 Å². The maximum Gasteiger partial charge on any atom is 0.340 e. The van der Waals surface area contributed by atoms with Crippen molar-refractivity contribution in [1.82, 2.24) is 9.47 Å². The summed E-state index contributed by atoms with van der Waals surface area (Å²) >= 11 is 3.58. The Bertz CT molecular complexity index is 1620. The molecule has 4 aromatic rings. The second-order valence-corrected chi connectivity index (χ2v) is 11.7. The number of carbonyl (C=O) groups excluding carboxylic acids is 2. The fourth-order valence-electron chi connectivity index (χ4n) is 6.27. The van der Waals surface area contributed by atoms with Crippen LogP contribution in [-0.2, 0) is 26.2 Å². The highest BCUT2D eigenvalue weighted by atomic mass is 79.9. The van der Waals surface area contributed by atoms with Crippen molar-refractivity contribution in [3.63, 3.8) is 0 Å². The fourth-order valence-corrected chi connectivity index (χ4v) is 6.72. The van der Waals surface area contributed by atoms with E-state index in [1.165, 1.54) is 0 Å². The van der Waals surface area contributed by atoms with Crippen LogP contribution in [0.3, 0.4) is 0 Å². The highest BCUT2D eigenvalue weighted by Crippen LogP contribution is 2.43. The minimum Gasteiger partial charge on any atom is -0.506 e. The molecule has 0 saturated carbocycles. The van der Waals surface area contributed by atoms with Crippen molar-refractivity contribution in [1.29, 1.82) is 0 Å². The van der Waals surface area contributed by atoms with E-state index < -0.39 is 11.4 Å². The monoisotopic (exact) mass is 632 g/mol. The molecule has 0 atom stereocenters. The molecule has 0 amide bonds. The predicted octanol–water partition coefficient (Wildman–Crippen LogP) is 6.99. The van der Waals surface area contributed by atoms with Crippen molar-refractivity contribution in [2.75, 3.05) is 26.3 Å². The van der Waals surface area contributed by atoms with Gasteiger partial charge in [0.25, 0.3) is 0 Å². The summed E-state index contributed by atoms with van der Waals surface area (Å²) in [4.78, 5) is 28.9. The third-order valence-corrected chi connectivity index (χ3v) is 8.95. The van der Waals surface area contributed by atoms with Gasteiger partial charge in [0.2, 0.25) is 0 Å². The number of esters is 2. The topological polar surface area (TPSA) is 81.0 Å². The Morgan fingerprint density at radius 1 is 0.952 bits per heavy atom. The molecule has 1 aliphatic rings. The largest absolute Gasteiger partial charge is 0.506 e. The van der Waals surface area contributed by atoms with Gasteiger partial charge in [0.15, 0.2) is 0 Å². The quantitative estimate of drug-likeness (QED) is 0.211. The Labute approximate surface area is 255 Å². The lowest BCUT2D eigenvalue weighted by atomic mass is 9.72. The number of halogens is 1. The zero-order valence-corrected chi connectivity index (χ0v) is 26.2. The lowest BCUT2D eigenvalue weighted by molar-refractivity contribution is -0.152.